The largest absolute Gasteiger partial charge is 0.479 e. The van der Waals surface area contributed by atoms with E-state index in [1.807, 2.05) is 0 Å². The molecule has 0 aromatic carbocycles. The topological polar surface area (TPSA) is 245 Å². The number of rotatable bonds is 5. The molecule has 33 heavy (non-hydrogen) atoms. The lowest BCUT2D eigenvalue weighted by atomic mass is 9.96. The van der Waals surface area contributed by atoms with E-state index in [1.54, 1.807) is 0 Å². The molecule has 3 heterocycles. The minimum atomic E-state index is -2.00. The van der Waals surface area contributed by atoms with Crippen molar-refractivity contribution in [2.24, 2.45) is 0 Å². The summed E-state index contributed by atoms with van der Waals surface area (Å²) >= 11 is 0. The Balaban J connectivity index is 1.83. The molecule has 3 saturated heterocycles. The Morgan fingerprint density at radius 3 is 1.79 bits per heavy atom. The zero-order valence-electron chi connectivity index (χ0n) is 17.6. The Morgan fingerprint density at radius 2 is 1.18 bits per heavy atom. The highest BCUT2D eigenvalue weighted by molar-refractivity contribution is 5.73. The lowest BCUT2D eigenvalue weighted by molar-refractivity contribution is -0.381. The fourth-order valence-electron chi connectivity index (χ4n) is 3.90. The molecule has 3 aliphatic heterocycles. The number of hydrogen-bond acceptors (Lipinski definition) is 14. The average molecular weight is 486 g/mol. The third kappa shape index (κ3) is 5.15. The van der Waals surface area contributed by atoms with Gasteiger partial charge in [-0.3, -0.25) is 0 Å². The van der Waals surface area contributed by atoms with E-state index in [1.165, 1.54) is 13.8 Å². The van der Waals surface area contributed by atoms with E-state index in [2.05, 4.69) is 0 Å². The van der Waals surface area contributed by atoms with Gasteiger partial charge in [-0.15, -0.1) is 0 Å². The maximum atomic E-state index is 11.3. The van der Waals surface area contributed by atoms with E-state index in [0.717, 1.165) is 0 Å². The monoisotopic (exact) mass is 486 g/mol. The molecule has 9 N–H and O–H groups in total. The van der Waals surface area contributed by atoms with Crippen molar-refractivity contribution in [3.63, 3.8) is 0 Å². The van der Waals surface area contributed by atoms with Crippen molar-refractivity contribution in [3.8, 4) is 0 Å². The van der Waals surface area contributed by atoms with Crippen LogP contribution in [-0.2, 0) is 28.5 Å². The number of aliphatic hydroxyl groups excluding tert-OH is 8. The van der Waals surface area contributed by atoms with Gasteiger partial charge in [0.05, 0.1) is 12.2 Å². The predicted molar refractivity (Wildman–Crippen MR) is 99.0 cm³/mol. The molecule has 0 saturated carbocycles. The zero-order valence-corrected chi connectivity index (χ0v) is 17.6. The van der Waals surface area contributed by atoms with E-state index in [9.17, 15) is 50.8 Å². The number of aliphatic hydroxyl groups is 8. The van der Waals surface area contributed by atoms with Crippen molar-refractivity contribution < 1.29 is 74.4 Å². The number of carboxylic acids is 1. The summed E-state index contributed by atoms with van der Waals surface area (Å²) in [6, 6.07) is 0. The Morgan fingerprint density at radius 1 is 0.606 bits per heavy atom. The highest BCUT2D eigenvalue weighted by atomic mass is 16.8. The summed E-state index contributed by atoms with van der Waals surface area (Å²) in [5.41, 5.74) is 0. The number of carboxylic acid groups (broad SMARTS) is 1. The van der Waals surface area contributed by atoms with E-state index in [4.69, 9.17) is 23.7 Å². The quantitative estimate of drug-likeness (QED) is 0.176. The normalized spacial score (nSPS) is 53.6. The van der Waals surface area contributed by atoms with Gasteiger partial charge in [-0.1, -0.05) is 0 Å². The van der Waals surface area contributed by atoms with Gasteiger partial charge in [0, 0.05) is 0 Å². The molecule has 3 fully saturated rings. The summed E-state index contributed by atoms with van der Waals surface area (Å²) in [4.78, 5) is 11.3. The van der Waals surface area contributed by atoms with Crippen LogP contribution in [-0.4, -0.2) is 144 Å². The SMILES string of the molecule is CC1O[C@@H](O[C@@H]2C(O)C(O)OC(C)[C@H]2O)C(O[C@H]2OC(C(=O)O)[C@@H](O)[C@@H](O)C2O)[C@@H](O)[C@@H]1O. The first-order valence-electron chi connectivity index (χ1n) is 10.3. The van der Waals surface area contributed by atoms with E-state index >= 15 is 0 Å². The van der Waals surface area contributed by atoms with Crippen molar-refractivity contribution in [1.29, 1.82) is 0 Å². The number of aliphatic carboxylic acids is 1. The second kappa shape index (κ2) is 10.3. The molecule has 0 bridgehead atoms. The van der Waals surface area contributed by atoms with Crippen molar-refractivity contribution in [2.45, 2.75) is 106 Å². The molecular weight excluding hydrogens is 456 g/mol. The van der Waals surface area contributed by atoms with Crippen LogP contribution < -0.4 is 0 Å². The second-order valence-corrected chi connectivity index (χ2v) is 8.34. The summed E-state index contributed by atoms with van der Waals surface area (Å²) < 4.78 is 26.5. The zero-order chi connectivity index (χ0) is 24.8. The molecule has 0 aromatic rings. The van der Waals surface area contributed by atoms with Gasteiger partial charge in [0.1, 0.15) is 54.9 Å². The molecular formula is C18H30O15. The number of hydrogen-bond donors (Lipinski definition) is 9. The molecule has 0 spiro atoms. The smallest absolute Gasteiger partial charge is 0.335 e. The molecule has 0 radical (unpaired) electrons. The van der Waals surface area contributed by atoms with Crippen LogP contribution in [0.25, 0.3) is 0 Å². The summed E-state index contributed by atoms with van der Waals surface area (Å²) in [5.74, 6) is -1.67. The van der Waals surface area contributed by atoms with Gasteiger partial charge in [0.15, 0.2) is 25.0 Å². The molecule has 15 heteroatoms. The van der Waals surface area contributed by atoms with Crippen LogP contribution in [0.2, 0.25) is 0 Å². The predicted octanol–water partition coefficient (Wildman–Crippen LogP) is -5.43. The average Bonchev–Trinajstić information content (AvgIpc) is 2.75. The third-order valence-electron chi connectivity index (χ3n) is 5.98. The Hall–Kier alpha value is -1.05. The molecule has 3 aliphatic rings. The lowest BCUT2D eigenvalue weighted by Crippen LogP contribution is -2.66. The van der Waals surface area contributed by atoms with Gasteiger partial charge in [-0.2, -0.15) is 0 Å². The summed E-state index contributed by atoms with van der Waals surface area (Å²) in [7, 11) is 0. The molecule has 192 valence electrons. The Bertz CT molecular complexity index is 665. The van der Waals surface area contributed by atoms with Gasteiger partial charge < -0.3 is 69.6 Å². The highest BCUT2D eigenvalue weighted by Crippen LogP contribution is 2.32. The minimum Gasteiger partial charge on any atom is -0.479 e. The molecule has 0 aliphatic carbocycles. The van der Waals surface area contributed by atoms with Crippen LogP contribution in [0, 0.1) is 0 Å². The van der Waals surface area contributed by atoms with Gasteiger partial charge in [-0.05, 0) is 13.8 Å². The van der Waals surface area contributed by atoms with Crippen LogP contribution in [0.1, 0.15) is 13.8 Å². The van der Waals surface area contributed by atoms with Crippen LogP contribution >= 0.6 is 0 Å². The first-order chi connectivity index (χ1) is 15.3. The van der Waals surface area contributed by atoms with Crippen molar-refractivity contribution in [2.75, 3.05) is 0 Å². The third-order valence-corrected chi connectivity index (χ3v) is 5.98. The maximum Gasteiger partial charge on any atom is 0.335 e. The van der Waals surface area contributed by atoms with Crippen molar-refractivity contribution in [3.05, 3.63) is 0 Å². The fourth-order valence-corrected chi connectivity index (χ4v) is 3.90. The Labute approximate surface area is 187 Å². The van der Waals surface area contributed by atoms with Crippen molar-refractivity contribution in [1.82, 2.24) is 0 Å². The molecule has 0 aromatic heterocycles. The summed E-state index contributed by atoms with van der Waals surface area (Å²) in [6.07, 6.45) is -25.0. The second-order valence-electron chi connectivity index (χ2n) is 8.34. The van der Waals surface area contributed by atoms with E-state index in [-0.39, 0.29) is 0 Å². The molecule has 15 nitrogen and oxygen atoms in total. The van der Waals surface area contributed by atoms with Gasteiger partial charge in [-0.25, -0.2) is 4.79 Å². The number of ether oxygens (including phenoxy) is 5. The highest BCUT2D eigenvalue weighted by Gasteiger charge is 2.53. The number of carbonyl (C=O) groups is 1. The van der Waals surface area contributed by atoms with E-state index in [0.29, 0.717) is 0 Å². The molecule has 15 atom stereocenters. The molecule has 7 unspecified atom stereocenters. The van der Waals surface area contributed by atoms with Crippen LogP contribution in [0.3, 0.4) is 0 Å². The van der Waals surface area contributed by atoms with Crippen LogP contribution in [0.15, 0.2) is 0 Å². The van der Waals surface area contributed by atoms with Gasteiger partial charge in [0.2, 0.25) is 0 Å². The summed E-state index contributed by atoms with van der Waals surface area (Å²) in [5, 5.41) is 90.3. The maximum absolute atomic E-state index is 11.3. The van der Waals surface area contributed by atoms with Crippen molar-refractivity contribution >= 4 is 5.97 Å². The van der Waals surface area contributed by atoms with Crippen LogP contribution in [0.5, 0.6) is 0 Å². The van der Waals surface area contributed by atoms with Crippen LogP contribution in [0.4, 0.5) is 0 Å². The van der Waals surface area contributed by atoms with Gasteiger partial charge >= 0.3 is 5.97 Å². The Kier molecular flexibility index (Phi) is 8.28. The first-order valence-corrected chi connectivity index (χ1v) is 10.3. The first kappa shape index (κ1) is 26.6. The standard InChI is InChI=1S/C18H30O15/c1-3-5(19)8(22)14(33-17-10(24)7(21)9(23)13(32-17)15(26)27)18(30-3)31-12-6(20)4(2)29-16(28)11(12)25/h3-14,16-25,28H,1-2H3,(H,26,27)/t3?,4?,5-,6-,7-,8+,9+,10?,11?,12+,13?,14?,16?,17-,18+/m1/s1. The molecule has 3 rings (SSSR count). The fraction of sp³-hybridized carbons (Fsp3) is 0.944. The summed E-state index contributed by atoms with van der Waals surface area (Å²) in [6.45, 7) is 2.78. The molecule has 0 amide bonds. The lowest BCUT2D eigenvalue weighted by Gasteiger charge is -2.47. The van der Waals surface area contributed by atoms with Gasteiger partial charge in [0.25, 0.3) is 0 Å². The van der Waals surface area contributed by atoms with E-state index < -0.39 is 98.1 Å². The minimum absolute atomic E-state index is 0.972.